The topological polar surface area (TPSA) is 72.2 Å². The minimum Gasteiger partial charge on any atom is -0.326 e. The summed E-state index contributed by atoms with van der Waals surface area (Å²) < 4.78 is 53.8. The molecule has 0 saturated carbocycles. The van der Waals surface area contributed by atoms with Gasteiger partial charge in [-0.15, -0.1) is 0 Å². The molecule has 0 unspecified atom stereocenters. The van der Waals surface area contributed by atoms with Crippen LogP contribution in [0.3, 0.4) is 0 Å². The smallest absolute Gasteiger partial charge is 0.243 e. The van der Waals surface area contributed by atoms with E-state index in [0.29, 0.717) is 0 Å². The second-order valence-electron chi connectivity index (χ2n) is 4.58. The van der Waals surface area contributed by atoms with Gasteiger partial charge >= 0.3 is 0 Å². The number of hydrogen-bond acceptors (Lipinski definition) is 3. The predicted molar refractivity (Wildman–Crippen MR) is 73.5 cm³/mol. The van der Waals surface area contributed by atoms with Crippen molar-refractivity contribution < 1.29 is 17.2 Å². The summed E-state index contributed by atoms with van der Waals surface area (Å²) in [5, 5.41) is 0. The Balaban J connectivity index is 3.04. The van der Waals surface area contributed by atoms with Crippen molar-refractivity contribution in [3.05, 3.63) is 29.3 Å². The SMILES string of the molecule is CCC(CC)CNS(=O)(=O)c1ccc(F)c(CN)c1F. The molecule has 20 heavy (non-hydrogen) atoms. The van der Waals surface area contributed by atoms with Crippen LogP contribution in [0, 0.1) is 17.6 Å². The van der Waals surface area contributed by atoms with E-state index >= 15 is 0 Å². The predicted octanol–water partition coefficient (Wildman–Crippen LogP) is 2.14. The van der Waals surface area contributed by atoms with Crippen LogP contribution in [-0.4, -0.2) is 15.0 Å². The van der Waals surface area contributed by atoms with E-state index in [-0.39, 0.29) is 12.5 Å². The minimum atomic E-state index is -4.00. The molecule has 0 radical (unpaired) electrons. The number of halogens is 2. The van der Waals surface area contributed by atoms with Gasteiger partial charge in [0, 0.05) is 18.7 Å². The highest BCUT2D eigenvalue weighted by molar-refractivity contribution is 7.89. The molecule has 3 N–H and O–H groups in total. The maximum atomic E-state index is 14.0. The molecule has 114 valence electrons. The molecule has 1 aromatic rings. The second kappa shape index (κ2) is 7.10. The van der Waals surface area contributed by atoms with Gasteiger partial charge in [0.2, 0.25) is 10.0 Å². The summed E-state index contributed by atoms with van der Waals surface area (Å²) in [6.45, 7) is 3.73. The Morgan fingerprint density at radius 2 is 1.85 bits per heavy atom. The minimum absolute atomic E-state index is 0.183. The molecule has 0 bridgehead atoms. The maximum Gasteiger partial charge on any atom is 0.243 e. The van der Waals surface area contributed by atoms with Gasteiger partial charge in [-0.2, -0.15) is 0 Å². The molecule has 1 rings (SSSR count). The number of nitrogens with two attached hydrogens (primary N) is 1. The highest BCUT2D eigenvalue weighted by Crippen LogP contribution is 2.21. The van der Waals surface area contributed by atoms with E-state index in [4.69, 9.17) is 5.73 Å². The highest BCUT2D eigenvalue weighted by atomic mass is 32.2. The van der Waals surface area contributed by atoms with Gasteiger partial charge < -0.3 is 5.73 Å². The highest BCUT2D eigenvalue weighted by Gasteiger charge is 2.23. The lowest BCUT2D eigenvalue weighted by Crippen LogP contribution is -2.30. The van der Waals surface area contributed by atoms with Crippen molar-refractivity contribution >= 4 is 10.0 Å². The third-order valence-corrected chi connectivity index (χ3v) is 4.80. The van der Waals surface area contributed by atoms with Crippen molar-refractivity contribution in [2.45, 2.75) is 38.1 Å². The molecular formula is C13H20F2N2O2S. The first kappa shape index (κ1) is 17.0. The summed E-state index contributed by atoms with van der Waals surface area (Å²) in [5.74, 6) is -1.78. The summed E-state index contributed by atoms with van der Waals surface area (Å²) in [6.07, 6.45) is 1.64. The molecular weight excluding hydrogens is 286 g/mol. The first-order chi connectivity index (χ1) is 9.37. The Labute approximate surface area is 118 Å². The summed E-state index contributed by atoms with van der Waals surface area (Å²) in [7, 11) is -4.00. The van der Waals surface area contributed by atoms with Gasteiger partial charge in [-0.05, 0) is 18.1 Å². The van der Waals surface area contributed by atoms with Gasteiger partial charge in [-0.25, -0.2) is 21.9 Å². The number of benzene rings is 1. The van der Waals surface area contributed by atoms with Gasteiger partial charge in [-0.3, -0.25) is 0 Å². The number of sulfonamides is 1. The van der Waals surface area contributed by atoms with Crippen molar-refractivity contribution in [2.24, 2.45) is 11.7 Å². The molecule has 0 spiro atoms. The Bertz CT molecular complexity index is 558. The Hall–Kier alpha value is -1.05. The molecule has 4 nitrogen and oxygen atoms in total. The van der Waals surface area contributed by atoms with E-state index < -0.39 is 38.7 Å². The van der Waals surface area contributed by atoms with Crippen molar-refractivity contribution in [2.75, 3.05) is 6.54 Å². The van der Waals surface area contributed by atoms with Crippen LogP contribution in [0.15, 0.2) is 17.0 Å². The fraction of sp³-hybridized carbons (Fsp3) is 0.538. The fourth-order valence-corrected chi connectivity index (χ4v) is 3.07. The Morgan fingerprint density at radius 3 is 2.35 bits per heavy atom. The van der Waals surface area contributed by atoms with Crippen molar-refractivity contribution in [3.63, 3.8) is 0 Å². The standard InChI is InChI=1S/C13H20F2N2O2S/c1-3-9(4-2)8-17-20(18,19)12-6-5-11(14)10(7-16)13(12)15/h5-6,9,17H,3-4,7-8,16H2,1-2H3. The Morgan fingerprint density at radius 1 is 1.25 bits per heavy atom. The van der Waals surface area contributed by atoms with Gasteiger partial charge in [0.05, 0.1) is 0 Å². The molecule has 0 aliphatic rings. The maximum absolute atomic E-state index is 14.0. The number of hydrogen-bond donors (Lipinski definition) is 2. The van der Waals surface area contributed by atoms with Crippen LogP contribution in [0.5, 0.6) is 0 Å². The molecule has 1 aromatic carbocycles. The third-order valence-electron chi connectivity index (χ3n) is 3.36. The molecule has 0 aromatic heterocycles. The van der Waals surface area contributed by atoms with Gasteiger partial charge in [0.25, 0.3) is 0 Å². The van der Waals surface area contributed by atoms with Crippen LogP contribution < -0.4 is 10.5 Å². The average Bonchev–Trinajstić information content (AvgIpc) is 2.40. The normalized spacial score (nSPS) is 12.1. The quantitative estimate of drug-likeness (QED) is 0.810. The van der Waals surface area contributed by atoms with E-state index in [0.717, 1.165) is 25.0 Å². The monoisotopic (exact) mass is 306 g/mol. The molecule has 0 fully saturated rings. The van der Waals surface area contributed by atoms with Crippen LogP contribution in [0.25, 0.3) is 0 Å². The molecule has 7 heteroatoms. The van der Waals surface area contributed by atoms with Gasteiger partial charge in [0.1, 0.15) is 10.7 Å². The Kier molecular flexibility index (Phi) is 6.04. The average molecular weight is 306 g/mol. The van der Waals surface area contributed by atoms with Crippen LogP contribution >= 0.6 is 0 Å². The number of nitrogens with one attached hydrogen (secondary N) is 1. The molecule has 0 heterocycles. The van der Waals surface area contributed by atoms with E-state index in [2.05, 4.69) is 4.72 Å². The lowest BCUT2D eigenvalue weighted by atomic mass is 10.0. The summed E-state index contributed by atoms with van der Waals surface area (Å²) in [4.78, 5) is -0.565. The summed E-state index contributed by atoms with van der Waals surface area (Å²) in [6, 6.07) is 1.83. The second-order valence-corrected chi connectivity index (χ2v) is 6.31. The van der Waals surface area contributed by atoms with Crippen molar-refractivity contribution in [3.8, 4) is 0 Å². The zero-order valence-corrected chi connectivity index (χ0v) is 12.4. The molecule has 0 amide bonds. The molecule has 0 saturated heterocycles. The van der Waals surface area contributed by atoms with Crippen molar-refractivity contribution in [1.29, 1.82) is 0 Å². The molecule has 0 aliphatic heterocycles. The fourth-order valence-electron chi connectivity index (χ4n) is 1.85. The number of rotatable bonds is 7. The first-order valence-electron chi connectivity index (χ1n) is 6.53. The van der Waals surface area contributed by atoms with Crippen molar-refractivity contribution in [1.82, 2.24) is 4.72 Å². The van der Waals surface area contributed by atoms with Gasteiger partial charge in [0.15, 0.2) is 5.82 Å². The lowest BCUT2D eigenvalue weighted by Gasteiger charge is -2.14. The zero-order valence-electron chi connectivity index (χ0n) is 11.6. The first-order valence-corrected chi connectivity index (χ1v) is 8.02. The lowest BCUT2D eigenvalue weighted by molar-refractivity contribution is 0.475. The van der Waals surface area contributed by atoms with Crippen LogP contribution in [-0.2, 0) is 16.6 Å². The van der Waals surface area contributed by atoms with E-state index in [1.54, 1.807) is 0 Å². The van der Waals surface area contributed by atoms with E-state index in [1.165, 1.54) is 0 Å². The van der Waals surface area contributed by atoms with Crippen LogP contribution in [0.4, 0.5) is 8.78 Å². The van der Waals surface area contributed by atoms with Gasteiger partial charge in [-0.1, -0.05) is 26.7 Å². The summed E-state index contributed by atoms with van der Waals surface area (Å²) in [5.41, 5.74) is 4.81. The molecule has 0 atom stereocenters. The van der Waals surface area contributed by atoms with E-state index in [9.17, 15) is 17.2 Å². The summed E-state index contributed by atoms with van der Waals surface area (Å²) >= 11 is 0. The molecule has 0 aliphatic carbocycles. The van der Waals surface area contributed by atoms with Crippen LogP contribution in [0.1, 0.15) is 32.3 Å². The third kappa shape index (κ3) is 3.74. The van der Waals surface area contributed by atoms with Crippen LogP contribution in [0.2, 0.25) is 0 Å². The zero-order chi connectivity index (χ0) is 15.3. The largest absolute Gasteiger partial charge is 0.326 e. The van der Waals surface area contributed by atoms with E-state index in [1.807, 2.05) is 13.8 Å².